The third-order valence-electron chi connectivity index (χ3n) is 5.24. The first-order valence-corrected chi connectivity index (χ1v) is 10.8. The number of hydrogen-bond acceptors (Lipinski definition) is 2. The average molecular weight is 415 g/mol. The smallest absolute Gasteiger partial charge is 0.247 e. The quantitative estimate of drug-likeness (QED) is 0.524. The summed E-state index contributed by atoms with van der Waals surface area (Å²) >= 11 is 0. The van der Waals surface area contributed by atoms with Gasteiger partial charge in [0, 0.05) is 19.5 Å². The lowest BCUT2D eigenvalue weighted by Gasteiger charge is -2.31. The van der Waals surface area contributed by atoms with Crippen molar-refractivity contribution in [1.29, 1.82) is 0 Å². The van der Waals surface area contributed by atoms with Crippen LogP contribution >= 0.6 is 0 Å². The fraction of sp³-hybridized carbons (Fsp3) is 0.259. The number of rotatable bonds is 9. The van der Waals surface area contributed by atoms with E-state index in [1.807, 2.05) is 98.8 Å². The van der Waals surface area contributed by atoms with Crippen LogP contribution in [0.4, 0.5) is 0 Å². The SMILES string of the molecule is CCCC(=O)N(Cc1ccccc1)[C@@H](C(=O)NCc1ccc(C)cc1)c1ccccc1. The fourth-order valence-corrected chi connectivity index (χ4v) is 3.56. The van der Waals surface area contributed by atoms with Crippen molar-refractivity contribution in [1.82, 2.24) is 10.2 Å². The van der Waals surface area contributed by atoms with E-state index in [1.54, 1.807) is 4.90 Å². The maximum Gasteiger partial charge on any atom is 0.247 e. The largest absolute Gasteiger partial charge is 0.350 e. The van der Waals surface area contributed by atoms with Gasteiger partial charge >= 0.3 is 0 Å². The predicted molar refractivity (Wildman–Crippen MR) is 124 cm³/mol. The van der Waals surface area contributed by atoms with Crippen molar-refractivity contribution in [3.05, 3.63) is 107 Å². The van der Waals surface area contributed by atoms with Crippen LogP contribution in [0.1, 0.15) is 48.1 Å². The minimum atomic E-state index is -0.689. The summed E-state index contributed by atoms with van der Waals surface area (Å²) < 4.78 is 0. The monoisotopic (exact) mass is 414 g/mol. The highest BCUT2D eigenvalue weighted by molar-refractivity contribution is 5.88. The molecule has 3 aromatic carbocycles. The molecular formula is C27H30N2O2. The molecule has 2 amide bonds. The fourth-order valence-electron chi connectivity index (χ4n) is 3.56. The van der Waals surface area contributed by atoms with E-state index < -0.39 is 6.04 Å². The van der Waals surface area contributed by atoms with Crippen molar-refractivity contribution in [2.24, 2.45) is 0 Å². The molecule has 0 spiro atoms. The molecule has 0 aliphatic rings. The Morgan fingerprint density at radius 1 is 0.839 bits per heavy atom. The molecule has 31 heavy (non-hydrogen) atoms. The van der Waals surface area contributed by atoms with Crippen LogP contribution in [0.25, 0.3) is 0 Å². The molecule has 0 aromatic heterocycles. The lowest BCUT2D eigenvalue weighted by Crippen LogP contribution is -2.43. The third kappa shape index (κ3) is 6.29. The van der Waals surface area contributed by atoms with Gasteiger partial charge in [0.05, 0.1) is 0 Å². The van der Waals surface area contributed by atoms with Gasteiger partial charge in [-0.15, -0.1) is 0 Å². The summed E-state index contributed by atoms with van der Waals surface area (Å²) in [5.41, 5.74) is 4.01. The van der Waals surface area contributed by atoms with E-state index in [0.717, 1.165) is 23.1 Å². The zero-order valence-electron chi connectivity index (χ0n) is 18.3. The van der Waals surface area contributed by atoms with Crippen LogP contribution in [0.5, 0.6) is 0 Å². The molecule has 0 fully saturated rings. The first-order valence-electron chi connectivity index (χ1n) is 10.8. The van der Waals surface area contributed by atoms with Gasteiger partial charge < -0.3 is 10.2 Å². The maximum atomic E-state index is 13.4. The standard InChI is InChI=1S/C27H30N2O2/c1-3-10-25(30)29(20-23-11-6-4-7-12-23)26(24-13-8-5-9-14-24)27(31)28-19-22-17-15-21(2)16-18-22/h4-9,11-18,26H,3,10,19-20H2,1-2H3,(H,28,31)/t26-/m1/s1. The topological polar surface area (TPSA) is 49.4 Å². The van der Waals surface area contributed by atoms with E-state index in [4.69, 9.17) is 0 Å². The van der Waals surface area contributed by atoms with Gasteiger partial charge in [0.2, 0.25) is 11.8 Å². The Morgan fingerprint density at radius 3 is 2.06 bits per heavy atom. The van der Waals surface area contributed by atoms with Crippen LogP contribution in [-0.2, 0) is 22.7 Å². The minimum Gasteiger partial charge on any atom is -0.350 e. The summed E-state index contributed by atoms with van der Waals surface area (Å²) in [5.74, 6) is -0.196. The lowest BCUT2D eigenvalue weighted by atomic mass is 10.0. The summed E-state index contributed by atoms with van der Waals surface area (Å²) in [7, 11) is 0. The number of benzene rings is 3. The summed E-state index contributed by atoms with van der Waals surface area (Å²) in [4.78, 5) is 28.3. The van der Waals surface area contributed by atoms with Crippen molar-refractivity contribution in [3.8, 4) is 0 Å². The Balaban J connectivity index is 1.89. The van der Waals surface area contributed by atoms with Crippen molar-refractivity contribution >= 4 is 11.8 Å². The number of aryl methyl sites for hydroxylation is 1. The average Bonchev–Trinajstić information content (AvgIpc) is 2.80. The Bertz CT molecular complexity index is 969. The molecule has 0 aliphatic heterocycles. The second-order valence-corrected chi connectivity index (χ2v) is 7.77. The van der Waals surface area contributed by atoms with Gasteiger partial charge in [-0.2, -0.15) is 0 Å². The molecule has 4 heteroatoms. The number of carbonyl (C=O) groups is 2. The van der Waals surface area contributed by atoms with Crippen LogP contribution < -0.4 is 5.32 Å². The van der Waals surface area contributed by atoms with Gasteiger partial charge in [-0.25, -0.2) is 0 Å². The normalized spacial score (nSPS) is 11.5. The molecular weight excluding hydrogens is 384 g/mol. The summed E-state index contributed by atoms with van der Waals surface area (Å²) in [6.07, 6.45) is 1.14. The Morgan fingerprint density at radius 2 is 1.45 bits per heavy atom. The van der Waals surface area contributed by atoms with E-state index in [-0.39, 0.29) is 11.8 Å². The molecule has 0 saturated carbocycles. The van der Waals surface area contributed by atoms with E-state index in [9.17, 15) is 9.59 Å². The van der Waals surface area contributed by atoms with Gasteiger partial charge in [-0.1, -0.05) is 97.4 Å². The van der Waals surface area contributed by atoms with Gasteiger partial charge in [-0.05, 0) is 30.0 Å². The van der Waals surface area contributed by atoms with Crippen LogP contribution in [0.2, 0.25) is 0 Å². The second-order valence-electron chi connectivity index (χ2n) is 7.77. The van der Waals surface area contributed by atoms with Crippen LogP contribution in [0.3, 0.4) is 0 Å². The molecule has 0 saturated heterocycles. The zero-order chi connectivity index (χ0) is 22.1. The first kappa shape index (κ1) is 22.3. The number of amides is 2. The summed E-state index contributed by atoms with van der Waals surface area (Å²) in [6.45, 7) is 4.82. The molecule has 1 N–H and O–H groups in total. The van der Waals surface area contributed by atoms with Crippen LogP contribution in [-0.4, -0.2) is 16.7 Å². The van der Waals surface area contributed by atoms with Crippen molar-refractivity contribution in [2.45, 2.75) is 45.8 Å². The van der Waals surface area contributed by atoms with Gasteiger partial charge in [0.15, 0.2) is 0 Å². The number of nitrogens with zero attached hydrogens (tertiary/aromatic N) is 1. The second kappa shape index (κ2) is 11.1. The van der Waals surface area contributed by atoms with Crippen molar-refractivity contribution in [2.75, 3.05) is 0 Å². The highest BCUT2D eigenvalue weighted by Gasteiger charge is 2.30. The van der Waals surface area contributed by atoms with E-state index in [0.29, 0.717) is 19.5 Å². The number of carbonyl (C=O) groups excluding carboxylic acids is 2. The summed E-state index contributed by atoms with van der Waals surface area (Å²) in [5, 5.41) is 3.05. The highest BCUT2D eigenvalue weighted by Crippen LogP contribution is 2.25. The van der Waals surface area contributed by atoms with Crippen LogP contribution in [0, 0.1) is 6.92 Å². The Labute approximate surface area is 184 Å². The van der Waals surface area contributed by atoms with Crippen molar-refractivity contribution in [3.63, 3.8) is 0 Å². The van der Waals surface area contributed by atoms with Gasteiger partial charge in [0.25, 0.3) is 0 Å². The van der Waals surface area contributed by atoms with E-state index >= 15 is 0 Å². The molecule has 3 aromatic rings. The lowest BCUT2D eigenvalue weighted by molar-refractivity contribution is -0.141. The van der Waals surface area contributed by atoms with Crippen LogP contribution in [0.15, 0.2) is 84.9 Å². The number of nitrogens with one attached hydrogen (secondary N) is 1. The highest BCUT2D eigenvalue weighted by atomic mass is 16.2. The van der Waals surface area contributed by atoms with Gasteiger partial charge in [0.1, 0.15) is 6.04 Å². The van der Waals surface area contributed by atoms with Gasteiger partial charge in [-0.3, -0.25) is 9.59 Å². The molecule has 3 rings (SSSR count). The molecule has 0 heterocycles. The number of hydrogen-bond donors (Lipinski definition) is 1. The molecule has 0 radical (unpaired) electrons. The molecule has 0 unspecified atom stereocenters. The van der Waals surface area contributed by atoms with E-state index in [2.05, 4.69) is 5.32 Å². The third-order valence-corrected chi connectivity index (χ3v) is 5.24. The Kier molecular flexibility index (Phi) is 7.99. The molecule has 1 atom stereocenters. The first-order chi connectivity index (χ1) is 15.1. The molecule has 0 bridgehead atoms. The summed E-state index contributed by atoms with van der Waals surface area (Å²) in [6, 6.07) is 26.8. The maximum absolute atomic E-state index is 13.4. The zero-order valence-corrected chi connectivity index (χ0v) is 18.3. The molecule has 4 nitrogen and oxygen atoms in total. The molecule has 0 aliphatic carbocycles. The predicted octanol–water partition coefficient (Wildman–Crippen LogP) is 5.18. The molecule has 160 valence electrons. The van der Waals surface area contributed by atoms with Crippen molar-refractivity contribution < 1.29 is 9.59 Å². The Hall–Kier alpha value is -3.40. The van der Waals surface area contributed by atoms with E-state index in [1.165, 1.54) is 5.56 Å². The minimum absolute atomic E-state index is 0.0225.